The van der Waals surface area contributed by atoms with E-state index in [4.69, 9.17) is 4.52 Å². The van der Waals surface area contributed by atoms with E-state index in [1.54, 1.807) is 0 Å². The summed E-state index contributed by atoms with van der Waals surface area (Å²) in [4.78, 5) is 2.24. The SMILES string of the molecule is CCOP(=O)(CC)SCC(S)N(CC)CC. The third kappa shape index (κ3) is 5.97. The van der Waals surface area contributed by atoms with Gasteiger partial charge in [0, 0.05) is 11.9 Å². The molecule has 0 aliphatic rings. The molecule has 0 aromatic rings. The lowest BCUT2D eigenvalue weighted by atomic mass is 10.5. The number of hydrogen-bond donors (Lipinski definition) is 1. The summed E-state index contributed by atoms with van der Waals surface area (Å²) in [5.41, 5.74) is 0. The van der Waals surface area contributed by atoms with Gasteiger partial charge in [-0.3, -0.25) is 9.46 Å². The Hall–Kier alpha value is 0.850. The van der Waals surface area contributed by atoms with Crippen molar-refractivity contribution in [3.05, 3.63) is 0 Å². The molecule has 0 fully saturated rings. The van der Waals surface area contributed by atoms with E-state index in [2.05, 4.69) is 31.4 Å². The maximum absolute atomic E-state index is 12.2. The van der Waals surface area contributed by atoms with Gasteiger partial charge in [0.15, 0.2) is 0 Å². The van der Waals surface area contributed by atoms with Crippen LogP contribution in [0.25, 0.3) is 0 Å². The molecule has 0 amide bonds. The van der Waals surface area contributed by atoms with Crippen LogP contribution in [0.5, 0.6) is 0 Å². The summed E-state index contributed by atoms with van der Waals surface area (Å²) in [6.07, 6.45) is 0.588. The van der Waals surface area contributed by atoms with Gasteiger partial charge >= 0.3 is 0 Å². The molecule has 0 radical (unpaired) electrons. The van der Waals surface area contributed by atoms with Crippen molar-refractivity contribution in [1.29, 1.82) is 0 Å². The van der Waals surface area contributed by atoms with E-state index in [-0.39, 0.29) is 5.37 Å². The molecule has 0 aliphatic heterocycles. The van der Waals surface area contributed by atoms with Crippen LogP contribution in [0.4, 0.5) is 0 Å². The van der Waals surface area contributed by atoms with Crippen molar-refractivity contribution in [2.75, 3.05) is 31.6 Å². The predicted octanol–water partition coefficient (Wildman–Crippen LogP) is 3.57. The minimum absolute atomic E-state index is 0.153. The molecule has 2 atom stereocenters. The van der Waals surface area contributed by atoms with Crippen molar-refractivity contribution in [2.24, 2.45) is 0 Å². The highest BCUT2D eigenvalue weighted by molar-refractivity contribution is 8.56. The zero-order chi connectivity index (χ0) is 12.6. The van der Waals surface area contributed by atoms with Gasteiger partial charge in [-0.1, -0.05) is 32.2 Å². The number of rotatable bonds is 9. The largest absolute Gasteiger partial charge is 0.321 e. The Morgan fingerprint density at radius 1 is 1.31 bits per heavy atom. The maximum Gasteiger partial charge on any atom is 0.257 e. The van der Waals surface area contributed by atoms with E-state index in [1.165, 1.54) is 11.4 Å². The smallest absolute Gasteiger partial charge is 0.257 e. The van der Waals surface area contributed by atoms with E-state index >= 15 is 0 Å². The van der Waals surface area contributed by atoms with Crippen LogP contribution in [0.1, 0.15) is 27.7 Å². The molecule has 0 saturated carbocycles. The Labute approximate surface area is 109 Å². The van der Waals surface area contributed by atoms with E-state index in [0.717, 1.165) is 18.8 Å². The van der Waals surface area contributed by atoms with Gasteiger partial charge in [0.2, 0.25) is 0 Å². The average Bonchev–Trinajstić information content (AvgIpc) is 2.28. The third-order valence-corrected chi connectivity index (χ3v) is 8.13. The van der Waals surface area contributed by atoms with Crippen molar-refractivity contribution in [3.63, 3.8) is 0 Å². The standard InChI is InChI=1S/C10H24NO2PS2/c1-5-11(6-2)10(15)9-16-14(12,8-4)13-7-3/h10,15H,5-9H2,1-4H3. The average molecular weight is 285 g/mol. The molecule has 0 aliphatic carbocycles. The van der Waals surface area contributed by atoms with Crippen LogP contribution in [0, 0.1) is 0 Å². The lowest BCUT2D eigenvalue weighted by molar-refractivity contribution is 0.301. The molecular weight excluding hydrogens is 261 g/mol. The summed E-state index contributed by atoms with van der Waals surface area (Å²) in [7, 11) is 0. The Kier molecular flexibility index (Phi) is 9.34. The molecule has 16 heavy (non-hydrogen) atoms. The second-order valence-corrected chi connectivity index (χ2v) is 9.09. The molecule has 0 spiro atoms. The first kappa shape index (κ1) is 16.9. The molecule has 0 saturated heterocycles. The summed E-state index contributed by atoms with van der Waals surface area (Å²) < 4.78 is 17.5. The fourth-order valence-electron chi connectivity index (χ4n) is 1.35. The van der Waals surface area contributed by atoms with Crippen LogP contribution < -0.4 is 0 Å². The molecule has 6 heteroatoms. The van der Waals surface area contributed by atoms with Gasteiger partial charge in [-0.25, -0.2) is 0 Å². The monoisotopic (exact) mass is 285 g/mol. The lowest BCUT2D eigenvalue weighted by Crippen LogP contribution is -2.32. The van der Waals surface area contributed by atoms with Crippen molar-refractivity contribution in [2.45, 2.75) is 33.1 Å². The van der Waals surface area contributed by atoms with Gasteiger partial charge in [-0.2, -0.15) is 12.6 Å². The molecule has 0 aromatic heterocycles. The fraction of sp³-hybridized carbons (Fsp3) is 1.00. The van der Waals surface area contributed by atoms with Gasteiger partial charge in [-0.15, -0.1) is 0 Å². The summed E-state index contributed by atoms with van der Waals surface area (Å²) >= 11 is 5.96. The van der Waals surface area contributed by atoms with Crippen LogP contribution in [0.15, 0.2) is 0 Å². The Morgan fingerprint density at radius 2 is 1.88 bits per heavy atom. The van der Waals surface area contributed by atoms with E-state index in [9.17, 15) is 4.57 Å². The number of thiol groups is 1. The zero-order valence-electron chi connectivity index (χ0n) is 10.7. The van der Waals surface area contributed by atoms with E-state index < -0.39 is 6.57 Å². The van der Waals surface area contributed by atoms with Gasteiger partial charge in [0.1, 0.15) is 0 Å². The Balaban J connectivity index is 4.15. The predicted molar refractivity (Wildman–Crippen MR) is 77.9 cm³/mol. The third-order valence-electron chi connectivity index (χ3n) is 2.37. The fourth-order valence-corrected chi connectivity index (χ4v) is 5.85. The van der Waals surface area contributed by atoms with Gasteiger partial charge in [0.05, 0.1) is 12.0 Å². The first-order chi connectivity index (χ1) is 7.52. The molecule has 2 unspecified atom stereocenters. The van der Waals surface area contributed by atoms with Gasteiger partial charge in [0.25, 0.3) is 6.57 Å². The summed E-state index contributed by atoms with van der Waals surface area (Å²) in [6, 6.07) is 0. The minimum Gasteiger partial charge on any atom is -0.321 e. The molecule has 0 aromatic carbocycles. The van der Waals surface area contributed by atoms with Crippen molar-refractivity contribution >= 4 is 30.6 Å². The van der Waals surface area contributed by atoms with Gasteiger partial charge in [-0.05, 0) is 20.0 Å². The topological polar surface area (TPSA) is 29.5 Å². The van der Waals surface area contributed by atoms with Crippen molar-refractivity contribution in [1.82, 2.24) is 4.90 Å². The normalized spacial score (nSPS) is 17.4. The molecule has 0 rings (SSSR count). The highest BCUT2D eigenvalue weighted by Gasteiger charge is 2.23. The minimum atomic E-state index is -2.47. The molecule has 98 valence electrons. The molecule has 0 heterocycles. The highest BCUT2D eigenvalue weighted by atomic mass is 32.7. The summed E-state index contributed by atoms with van der Waals surface area (Å²) in [5.74, 6) is 0.746. The first-order valence-electron chi connectivity index (χ1n) is 5.83. The van der Waals surface area contributed by atoms with Crippen LogP contribution in [-0.2, 0) is 9.09 Å². The molecular formula is C10H24NO2PS2. The number of hydrogen-bond acceptors (Lipinski definition) is 5. The lowest BCUT2D eigenvalue weighted by Gasteiger charge is -2.26. The summed E-state index contributed by atoms with van der Waals surface area (Å²) in [6.45, 7) is 7.99. The van der Waals surface area contributed by atoms with Crippen molar-refractivity contribution in [3.8, 4) is 0 Å². The van der Waals surface area contributed by atoms with Crippen LogP contribution in [0.3, 0.4) is 0 Å². The summed E-state index contributed by atoms with van der Waals surface area (Å²) in [5, 5.41) is 0.153. The molecule has 0 N–H and O–H groups in total. The van der Waals surface area contributed by atoms with Crippen LogP contribution in [0.2, 0.25) is 0 Å². The van der Waals surface area contributed by atoms with Crippen LogP contribution in [-0.4, -0.2) is 41.9 Å². The maximum atomic E-state index is 12.2. The van der Waals surface area contributed by atoms with E-state index in [1.807, 2.05) is 13.8 Å². The highest BCUT2D eigenvalue weighted by Crippen LogP contribution is 2.59. The van der Waals surface area contributed by atoms with Crippen molar-refractivity contribution < 1.29 is 9.09 Å². The van der Waals surface area contributed by atoms with E-state index in [0.29, 0.717) is 12.8 Å². The number of nitrogens with zero attached hydrogens (tertiary/aromatic N) is 1. The zero-order valence-corrected chi connectivity index (χ0v) is 13.3. The quantitative estimate of drug-likeness (QED) is 0.398. The first-order valence-corrected chi connectivity index (χ1v) is 9.74. The molecule has 3 nitrogen and oxygen atoms in total. The Morgan fingerprint density at radius 3 is 2.25 bits per heavy atom. The second kappa shape index (κ2) is 8.87. The van der Waals surface area contributed by atoms with Crippen LogP contribution >= 0.6 is 30.6 Å². The van der Waals surface area contributed by atoms with Gasteiger partial charge < -0.3 is 4.52 Å². The Bertz CT molecular complexity index is 225. The second-order valence-electron chi connectivity index (χ2n) is 3.34. The molecule has 0 bridgehead atoms.